The molecular formula is C8H17ClN2O3S. The van der Waals surface area contributed by atoms with Crippen LogP contribution in [0.25, 0.3) is 0 Å². The Morgan fingerprint density at radius 2 is 1.87 bits per heavy atom. The summed E-state index contributed by atoms with van der Waals surface area (Å²) in [4.78, 5) is 11.4. The van der Waals surface area contributed by atoms with Crippen LogP contribution in [0.3, 0.4) is 0 Å². The molecule has 0 aliphatic rings. The quantitative estimate of drug-likeness (QED) is 0.660. The number of halogens is 1. The molecule has 0 bridgehead atoms. The van der Waals surface area contributed by atoms with Crippen LogP contribution in [0.1, 0.15) is 20.8 Å². The van der Waals surface area contributed by atoms with Crippen molar-refractivity contribution in [3.8, 4) is 0 Å². The maximum Gasteiger partial charge on any atom is 0.238 e. The summed E-state index contributed by atoms with van der Waals surface area (Å²) in [5.74, 6) is -0.523. The van der Waals surface area contributed by atoms with Crippen LogP contribution in [0.4, 0.5) is 0 Å². The highest BCUT2D eigenvalue weighted by Crippen LogP contribution is 1.92. The first-order valence-electron chi connectivity index (χ1n) is 4.65. The van der Waals surface area contributed by atoms with E-state index in [2.05, 4.69) is 10.0 Å². The Labute approximate surface area is 95.6 Å². The number of carbonyl (C=O) groups excluding carboxylic acids is 1. The summed E-state index contributed by atoms with van der Waals surface area (Å²) in [6.45, 7) is 5.10. The SMILES string of the molecule is CC(C)NC(=O)C(C)NS(=O)(=O)CCCl. The van der Waals surface area contributed by atoms with Crippen LogP contribution in [-0.2, 0) is 14.8 Å². The van der Waals surface area contributed by atoms with Crippen molar-refractivity contribution in [2.24, 2.45) is 0 Å². The van der Waals surface area contributed by atoms with Crippen LogP contribution >= 0.6 is 11.6 Å². The summed E-state index contributed by atoms with van der Waals surface area (Å²) in [6, 6.07) is -0.793. The number of hydrogen-bond acceptors (Lipinski definition) is 3. The normalized spacial score (nSPS) is 13.9. The molecule has 0 fully saturated rings. The lowest BCUT2D eigenvalue weighted by Crippen LogP contribution is -2.47. The average molecular weight is 257 g/mol. The number of rotatable bonds is 6. The van der Waals surface area contributed by atoms with Crippen LogP contribution in [-0.4, -0.2) is 38.0 Å². The molecule has 0 saturated carbocycles. The molecular weight excluding hydrogens is 240 g/mol. The number of hydrogen-bond donors (Lipinski definition) is 2. The average Bonchev–Trinajstić information content (AvgIpc) is 2.01. The highest BCUT2D eigenvalue weighted by atomic mass is 35.5. The highest BCUT2D eigenvalue weighted by molar-refractivity contribution is 7.89. The summed E-state index contributed by atoms with van der Waals surface area (Å²) in [7, 11) is -3.45. The molecule has 0 spiro atoms. The molecule has 1 amide bonds. The minimum Gasteiger partial charge on any atom is -0.353 e. The molecule has 7 heteroatoms. The van der Waals surface area contributed by atoms with Gasteiger partial charge in [-0.25, -0.2) is 13.1 Å². The number of alkyl halides is 1. The van der Waals surface area contributed by atoms with Gasteiger partial charge in [-0.05, 0) is 20.8 Å². The van der Waals surface area contributed by atoms with Crippen LogP contribution in [0, 0.1) is 0 Å². The zero-order valence-electron chi connectivity index (χ0n) is 9.08. The van der Waals surface area contributed by atoms with Crippen LogP contribution in [0.15, 0.2) is 0 Å². The van der Waals surface area contributed by atoms with Gasteiger partial charge in [0.15, 0.2) is 0 Å². The van der Waals surface area contributed by atoms with Gasteiger partial charge in [-0.2, -0.15) is 0 Å². The van der Waals surface area contributed by atoms with Crippen LogP contribution in [0.2, 0.25) is 0 Å². The Morgan fingerprint density at radius 1 is 1.33 bits per heavy atom. The topological polar surface area (TPSA) is 75.3 Å². The minimum atomic E-state index is -3.45. The third kappa shape index (κ3) is 6.70. The minimum absolute atomic E-state index is 0.00779. The first kappa shape index (κ1) is 14.7. The molecule has 1 unspecified atom stereocenters. The molecule has 0 radical (unpaired) electrons. The molecule has 90 valence electrons. The molecule has 1 atom stereocenters. The summed E-state index contributed by atoms with van der Waals surface area (Å²) in [5, 5.41) is 2.61. The van der Waals surface area contributed by atoms with E-state index in [0.29, 0.717) is 0 Å². The van der Waals surface area contributed by atoms with Gasteiger partial charge >= 0.3 is 0 Å². The standard InChI is InChI=1S/C8H17ClN2O3S/c1-6(2)10-8(12)7(3)11-15(13,14)5-4-9/h6-7,11H,4-5H2,1-3H3,(H,10,12). The zero-order valence-corrected chi connectivity index (χ0v) is 10.7. The highest BCUT2D eigenvalue weighted by Gasteiger charge is 2.19. The second-order valence-electron chi connectivity index (χ2n) is 3.51. The molecule has 0 aliphatic heterocycles. The van der Waals surface area contributed by atoms with Crippen LogP contribution in [0.5, 0.6) is 0 Å². The summed E-state index contributed by atoms with van der Waals surface area (Å²) < 4.78 is 24.7. The fourth-order valence-electron chi connectivity index (χ4n) is 0.893. The lowest BCUT2D eigenvalue weighted by Gasteiger charge is -2.15. The Kier molecular flexibility index (Phi) is 6.16. The molecule has 0 aromatic rings. The van der Waals surface area contributed by atoms with Crippen molar-refractivity contribution in [2.45, 2.75) is 32.9 Å². The third-order valence-electron chi connectivity index (χ3n) is 1.53. The first-order valence-corrected chi connectivity index (χ1v) is 6.83. The zero-order chi connectivity index (χ0) is 12.1. The van der Waals surface area contributed by atoms with Gasteiger partial charge in [-0.3, -0.25) is 4.79 Å². The van der Waals surface area contributed by atoms with Crippen molar-refractivity contribution in [1.82, 2.24) is 10.0 Å². The van der Waals surface area contributed by atoms with E-state index >= 15 is 0 Å². The van der Waals surface area contributed by atoms with Gasteiger partial charge in [0.05, 0.1) is 11.8 Å². The van der Waals surface area contributed by atoms with Crippen molar-refractivity contribution >= 4 is 27.5 Å². The lowest BCUT2D eigenvalue weighted by molar-refractivity contribution is -0.122. The van der Waals surface area contributed by atoms with Gasteiger partial charge in [0, 0.05) is 11.9 Å². The predicted molar refractivity (Wildman–Crippen MR) is 60.4 cm³/mol. The number of nitrogens with one attached hydrogen (secondary N) is 2. The molecule has 0 saturated heterocycles. The summed E-state index contributed by atoms with van der Waals surface area (Å²) >= 11 is 5.31. The molecule has 0 aromatic carbocycles. The lowest BCUT2D eigenvalue weighted by atomic mass is 10.3. The number of amides is 1. The second kappa shape index (κ2) is 6.30. The predicted octanol–water partition coefficient (Wildman–Crippen LogP) is 0.0577. The van der Waals surface area contributed by atoms with Gasteiger partial charge in [0.25, 0.3) is 0 Å². The monoisotopic (exact) mass is 256 g/mol. The van der Waals surface area contributed by atoms with E-state index in [-0.39, 0.29) is 23.6 Å². The van der Waals surface area contributed by atoms with E-state index in [4.69, 9.17) is 11.6 Å². The fourth-order valence-corrected chi connectivity index (χ4v) is 2.47. The van der Waals surface area contributed by atoms with Crippen molar-refractivity contribution in [1.29, 1.82) is 0 Å². The van der Waals surface area contributed by atoms with Gasteiger partial charge in [-0.1, -0.05) is 0 Å². The molecule has 0 heterocycles. The van der Waals surface area contributed by atoms with E-state index in [1.807, 2.05) is 0 Å². The Balaban J connectivity index is 4.24. The molecule has 5 nitrogen and oxygen atoms in total. The number of sulfonamides is 1. The molecule has 2 N–H and O–H groups in total. The molecule has 0 aliphatic carbocycles. The fraction of sp³-hybridized carbons (Fsp3) is 0.875. The maximum atomic E-state index is 11.4. The number of carbonyl (C=O) groups is 1. The van der Waals surface area contributed by atoms with E-state index in [0.717, 1.165) is 0 Å². The van der Waals surface area contributed by atoms with E-state index < -0.39 is 16.1 Å². The van der Waals surface area contributed by atoms with Crippen molar-refractivity contribution < 1.29 is 13.2 Å². The molecule has 0 rings (SSSR count). The van der Waals surface area contributed by atoms with Crippen LogP contribution < -0.4 is 10.0 Å². The second-order valence-corrected chi connectivity index (χ2v) is 5.76. The van der Waals surface area contributed by atoms with E-state index in [1.165, 1.54) is 6.92 Å². The first-order chi connectivity index (χ1) is 6.78. The van der Waals surface area contributed by atoms with Crippen molar-refractivity contribution in [3.63, 3.8) is 0 Å². The van der Waals surface area contributed by atoms with Gasteiger partial charge in [-0.15, -0.1) is 11.6 Å². The Hall–Kier alpha value is -0.330. The van der Waals surface area contributed by atoms with Crippen molar-refractivity contribution in [2.75, 3.05) is 11.6 Å². The van der Waals surface area contributed by atoms with Crippen molar-refractivity contribution in [3.05, 3.63) is 0 Å². The Morgan fingerprint density at radius 3 is 2.27 bits per heavy atom. The Bertz CT molecular complexity index is 303. The van der Waals surface area contributed by atoms with Gasteiger partial charge in [0.1, 0.15) is 0 Å². The van der Waals surface area contributed by atoms with E-state index in [1.54, 1.807) is 13.8 Å². The summed E-state index contributed by atoms with van der Waals surface area (Å²) in [6.07, 6.45) is 0. The van der Waals surface area contributed by atoms with E-state index in [9.17, 15) is 13.2 Å². The third-order valence-corrected chi connectivity index (χ3v) is 3.39. The van der Waals surface area contributed by atoms with Gasteiger partial charge < -0.3 is 5.32 Å². The molecule has 0 aromatic heterocycles. The largest absolute Gasteiger partial charge is 0.353 e. The molecule has 15 heavy (non-hydrogen) atoms. The smallest absolute Gasteiger partial charge is 0.238 e. The maximum absolute atomic E-state index is 11.4. The summed E-state index contributed by atoms with van der Waals surface area (Å²) in [5.41, 5.74) is 0. The van der Waals surface area contributed by atoms with Gasteiger partial charge in [0.2, 0.25) is 15.9 Å².